The number of hydrogen-bond acceptors (Lipinski definition) is 4. The van der Waals surface area contributed by atoms with Gasteiger partial charge in [-0.1, -0.05) is 12.8 Å². The van der Waals surface area contributed by atoms with Crippen LogP contribution < -0.4 is 11.1 Å². The second-order valence-electron chi connectivity index (χ2n) is 5.37. The van der Waals surface area contributed by atoms with Gasteiger partial charge in [0.25, 0.3) is 0 Å². The van der Waals surface area contributed by atoms with E-state index >= 15 is 0 Å². The lowest BCUT2D eigenvalue weighted by Crippen LogP contribution is -2.62. The Morgan fingerprint density at radius 1 is 1.24 bits per heavy atom. The van der Waals surface area contributed by atoms with E-state index in [1.165, 1.54) is 0 Å². The molecule has 17 heavy (non-hydrogen) atoms. The standard InChI is InChI=1S/C12H22N2O3/c13-12(3-1-2-4-12)10(16)14-11(9-15)5-7-17-8-6-11/h15H,1-9,13H2,(H,14,16). The van der Waals surface area contributed by atoms with Crippen LogP contribution in [0.3, 0.4) is 0 Å². The first-order valence-corrected chi connectivity index (χ1v) is 6.40. The lowest BCUT2D eigenvalue weighted by molar-refractivity contribution is -0.130. The van der Waals surface area contributed by atoms with Gasteiger partial charge in [0, 0.05) is 13.2 Å². The molecule has 1 aliphatic heterocycles. The molecule has 0 unspecified atom stereocenters. The van der Waals surface area contributed by atoms with E-state index in [2.05, 4.69) is 5.32 Å². The van der Waals surface area contributed by atoms with Crippen molar-refractivity contribution in [1.29, 1.82) is 0 Å². The van der Waals surface area contributed by atoms with E-state index in [1.807, 2.05) is 0 Å². The molecule has 1 saturated carbocycles. The first kappa shape index (κ1) is 12.8. The van der Waals surface area contributed by atoms with Gasteiger partial charge in [0.15, 0.2) is 0 Å². The van der Waals surface area contributed by atoms with Gasteiger partial charge in [-0.15, -0.1) is 0 Å². The van der Waals surface area contributed by atoms with Crippen LogP contribution in [0.25, 0.3) is 0 Å². The molecule has 2 fully saturated rings. The molecular formula is C12H22N2O3. The average molecular weight is 242 g/mol. The monoisotopic (exact) mass is 242 g/mol. The molecule has 1 saturated heterocycles. The van der Waals surface area contributed by atoms with Crippen molar-refractivity contribution in [3.8, 4) is 0 Å². The van der Waals surface area contributed by atoms with Crippen molar-refractivity contribution in [2.75, 3.05) is 19.8 Å². The molecule has 0 aromatic rings. The highest BCUT2D eigenvalue weighted by Crippen LogP contribution is 2.29. The Labute approximate surface area is 102 Å². The molecule has 5 heteroatoms. The summed E-state index contributed by atoms with van der Waals surface area (Å²) in [5, 5.41) is 12.5. The number of carbonyl (C=O) groups excluding carboxylic acids is 1. The quantitative estimate of drug-likeness (QED) is 0.646. The molecular weight excluding hydrogens is 220 g/mol. The summed E-state index contributed by atoms with van der Waals surface area (Å²) in [6.07, 6.45) is 4.84. The van der Waals surface area contributed by atoms with Crippen LogP contribution in [0.1, 0.15) is 38.5 Å². The second kappa shape index (κ2) is 4.92. The smallest absolute Gasteiger partial charge is 0.240 e. The number of hydrogen-bond donors (Lipinski definition) is 3. The normalized spacial score (nSPS) is 26.7. The Kier molecular flexibility index (Phi) is 3.70. The van der Waals surface area contributed by atoms with Gasteiger partial charge in [-0.05, 0) is 25.7 Å². The number of amides is 1. The topological polar surface area (TPSA) is 84.6 Å². The second-order valence-corrected chi connectivity index (χ2v) is 5.37. The van der Waals surface area contributed by atoms with Crippen LogP contribution in [-0.4, -0.2) is 41.9 Å². The molecule has 2 rings (SSSR count). The van der Waals surface area contributed by atoms with Crippen LogP contribution in [0.2, 0.25) is 0 Å². The van der Waals surface area contributed by atoms with Crippen molar-refractivity contribution in [1.82, 2.24) is 5.32 Å². The van der Waals surface area contributed by atoms with Gasteiger partial charge in [0.2, 0.25) is 5.91 Å². The fourth-order valence-corrected chi connectivity index (χ4v) is 2.68. The van der Waals surface area contributed by atoms with Crippen molar-refractivity contribution in [2.24, 2.45) is 5.73 Å². The number of nitrogens with two attached hydrogens (primary N) is 1. The van der Waals surface area contributed by atoms with Crippen molar-refractivity contribution in [2.45, 2.75) is 49.6 Å². The highest BCUT2D eigenvalue weighted by atomic mass is 16.5. The molecule has 0 aromatic heterocycles. The number of aliphatic hydroxyl groups excluding tert-OH is 1. The largest absolute Gasteiger partial charge is 0.394 e. The molecule has 1 amide bonds. The van der Waals surface area contributed by atoms with Crippen LogP contribution in [0.4, 0.5) is 0 Å². The van der Waals surface area contributed by atoms with Gasteiger partial charge in [-0.25, -0.2) is 0 Å². The van der Waals surface area contributed by atoms with E-state index in [0.717, 1.165) is 25.7 Å². The number of ether oxygens (including phenoxy) is 1. The van der Waals surface area contributed by atoms with Crippen molar-refractivity contribution in [3.05, 3.63) is 0 Å². The van der Waals surface area contributed by atoms with E-state index < -0.39 is 11.1 Å². The minimum Gasteiger partial charge on any atom is -0.394 e. The highest BCUT2D eigenvalue weighted by Gasteiger charge is 2.42. The summed E-state index contributed by atoms with van der Waals surface area (Å²) in [4.78, 5) is 12.2. The Bertz CT molecular complexity index is 281. The molecule has 4 N–H and O–H groups in total. The number of nitrogens with one attached hydrogen (secondary N) is 1. The maximum absolute atomic E-state index is 12.2. The average Bonchev–Trinajstić information content (AvgIpc) is 2.79. The molecule has 0 spiro atoms. The first-order valence-electron chi connectivity index (χ1n) is 6.40. The molecule has 0 bridgehead atoms. The molecule has 1 aliphatic carbocycles. The SMILES string of the molecule is NC1(C(=O)NC2(CO)CCOCC2)CCCC1. The first-order chi connectivity index (χ1) is 8.10. The third kappa shape index (κ3) is 2.61. The van der Waals surface area contributed by atoms with Crippen LogP contribution in [0.15, 0.2) is 0 Å². The van der Waals surface area contributed by atoms with E-state index in [1.54, 1.807) is 0 Å². The third-order valence-corrected chi connectivity index (χ3v) is 4.08. The van der Waals surface area contributed by atoms with Gasteiger partial charge >= 0.3 is 0 Å². The van der Waals surface area contributed by atoms with Gasteiger partial charge in [0.05, 0.1) is 17.7 Å². The summed E-state index contributed by atoms with van der Waals surface area (Å²) in [5.74, 6) is -0.106. The molecule has 0 atom stereocenters. The van der Waals surface area contributed by atoms with Crippen molar-refractivity contribution < 1.29 is 14.6 Å². The summed E-state index contributed by atoms with van der Waals surface area (Å²) < 4.78 is 5.27. The zero-order valence-electron chi connectivity index (χ0n) is 10.2. The minimum absolute atomic E-state index is 0.0435. The predicted octanol–water partition coefficient (Wildman–Crippen LogP) is -0.0844. The Morgan fingerprint density at radius 2 is 1.82 bits per heavy atom. The zero-order valence-corrected chi connectivity index (χ0v) is 10.2. The van der Waals surface area contributed by atoms with Crippen molar-refractivity contribution in [3.63, 3.8) is 0 Å². The lowest BCUT2D eigenvalue weighted by atomic mass is 9.88. The molecule has 2 aliphatic rings. The zero-order chi connectivity index (χ0) is 12.4. The number of carbonyl (C=O) groups is 1. The van der Waals surface area contributed by atoms with E-state index in [9.17, 15) is 9.90 Å². The van der Waals surface area contributed by atoms with E-state index in [0.29, 0.717) is 26.1 Å². The molecule has 0 radical (unpaired) electrons. The molecule has 98 valence electrons. The Morgan fingerprint density at radius 3 is 2.35 bits per heavy atom. The van der Waals surface area contributed by atoms with Crippen LogP contribution in [-0.2, 0) is 9.53 Å². The van der Waals surface area contributed by atoms with Crippen LogP contribution >= 0.6 is 0 Å². The van der Waals surface area contributed by atoms with Gasteiger partial charge in [-0.3, -0.25) is 4.79 Å². The Balaban J connectivity index is 2.00. The van der Waals surface area contributed by atoms with Crippen LogP contribution in [0.5, 0.6) is 0 Å². The highest BCUT2D eigenvalue weighted by molar-refractivity contribution is 5.87. The maximum atomic E-state index is 12.2. The molecule has 5 nitrogen and oxygen atoms in total. The van der Waals surface area contributed by atoms with Gasteiger partial charge < -0.3 is 20.9 Å². The summed E-state index contributed by atoms with van der Waals surface area (Å²) >= 11 is 0. The van der Waals surface area contributed by atoms with Gasteiger partial charge in [0.1, 0.15) is 0 Å². The lowest BCUT2D eigenvalue weighted by Gasteiger charge is -2.38. The minimum atomic E-state index is -0.722. The molecule has 1 heterocycles. The summed E-state index contributed by atoms with van der Waals surface area (Å²) in [6.45, 7) is 1.12. The summed E-state index contributed by atoms with van der Waals surface area (Å²) in [5.41, 5.74) is 4.86. The summed E-state index contributed by atoms with van der Waals surface area (Å²) in [7, 11) is 0. The summed E-state index contributed by atoms with van der Waals surface area (Å²) in [6, 6.07) is 0. The number of rotatable bonds is 3. The van der Waals surface area contributed by atoms with E-state index in [-0.39, 0.29) is 12.5 Å². The van der Waals surface area contributed by atoms with Crippen LogP contribution in [0, 0.1) is 0 Å². The van der Waals surface area contributed by atoms with E-state index in [4.69, 9.17) is 10.5 Å². The Hall–Kier alpha value is -0.650. The fourth-order valence-electron chi connectivity index (χ4n) is 2.68. The number of aliphatic hydroxyl groups is 1. The van der Waals surface area contributed by atoms with Gasteiger partial charge in [-0.2, -0.15) is 0 Å². The van der Waals surface area contributed by atoms with Crippen molar-refractivity contribution >= 4 is 5.91 Å². The predicted molar refractivity (Wildman–Crippen MR) is 63.4 cm³/mol. The molecule has 0 aromatic carbocycles. The third-order valence-electron chi connectivity index (χ3n) is 4.08. The fraction of sp³-hybridized carbons (Fsp3) is 0.917. The maximum Gasteiger partial charge on any atom is 0.240 e.